The number of carbonyl (C=O) groups is 1. The molecule has 156 valence electrons. The predicted octanol–water partition coefficient (Wildman–Crippen LogP) is 3.50. The van der Waals surface area contributed by atoms with Gasteiger partial charge in [0, 0.05) is 38.3 Å². The van der Waals surface area contributed by atoms with Crippen LogP contribution in [0.2, 0.25) is 0 Å². The van der Waals surface area contributed by atoms with Crippen molar-refractivity contribution in [2.45, 2.75) is 38.3 Å². The second kappa shape index (κ2) is 8.44. The van der Waals surface area contributed by atoms with E-state index in [0.29, 0.717) is 0 Å². The topological polar surface area (TPSA) is 71.7 Å². The number of carbonyl (C=O) groups excluding carboxylic acids is 1. The minimum Gasteiger partial charge on any atom is -0.490 e. The van der Waals surface area contributed by atoms with E-state index in [1.54, 1.807) is 0 Å². The molecule has 7 heteroatoms. The minimum atomic E-state index is 0.131. The lowest BCUT2D eigenvalue weighted by Crippen LogP contribution is -2.37. The zero-order valence-electron chi connectivity index (χ0n) is 17.0. The lowest BCUT2D eigenvalue weighted by molar-refractivity contribution is 0.0792. The molecular weight excluding hydrogens is 380 g/mol. The van der Waals surface area contributed by atoms with E-state index in [0.717, 1.165) is 80.8 Å². The van der Waals surface area contributed by atoms with Crippen molar-refractivity contribution in [2.75, 3.05) is 26.2 Å². The highest BCUT2D eigenvalue weighted by Crippen LogP contribution is 2.22. The molecule has 1 aromatic heterocycles. The van der Waals surface area contributed by atoms with Crippen molar-refractivity contribution in [3.05, 3.63) is 53.6 Å². The van der Waals surface area contributed by atoms with Gasteiger partial charge in [0.1, 0.15) is 22.9 Å². The van der Waals surface area contributed by atoms with Crippen molar-refractivity contribution in [3.63, 3.8) is 0 Å². The Morgan fingerprint density at radius 3 is 2.47 bits per heavy atom. The van der Waals surface area contributed by atoms with Crippen LogP contribution in [0, 0.1) is 0 Å². The Morgan fingerprint density at radius 1 is 0.967 bits per heavy atom. The molecule has 1 amide bonds. The van der Waals surface area contributed by atoms with Crippen molar-refractivity contribution in [2.24, 2.45) is 0 Å². The first kappa shape index (κ1) is 19.1. The second-order valence-electron chi connectivity index (χ2n) is 8.20. The molecule has 0 N–H and O–H groups in total. The van der Waals surface area contributed by atoms with Gasteiger partial charge in [0.2, 0.25) is 0 Å². The third-order valence-electron chi connectivity index (χ3n) is 6.06. The molecule has 7 nitrogen and oxygen atoms in total. The molecule has 0 saturated carbocycles. The van der Waals surface area contributed by atoms with E-state index >= 15 is 0 Å². The Hall–Kier alpha value is -2.93. The maximum absolute atomic E-state index is 12.5. The van der Waals surface area contributed by atoms with Crippen LogP contribution in [0.4, 0.5) is 0 Å². The maximum atomic E-state index is 12.5. The number of nitrogens with zero attached hydrogens (tertiary/aromatic N) is 4. The quantitative estimate of drug-likeness (QED) is 0.646. The number of hydrogen-bond acceptors (Lipinski definition) is 6. The first-order valence-corrected chi connectivity index (χ1v) is 10.7. The molecule has 0 radical (unpaired) electrons. The lowest BCUT2D eigenvalue weighted by Gasteiger charge is -2.32. The highest BCUT2D eigenvalue weighted by Gasteiger charge is 2.22. The number of piperidine rings is 1. The average Bonchev–Trinajstić information content (AvgIpc) is 3.47. The number of amides is 1. The van der Waals surface area contributed by atoms with E-state index < -0.39 is 0 Å². The third-order valence-corrected chi connectivity index (χ3v) is 6.06. The molecule has 2 aromatic carbocycles. The number of fused-ring (bicyclic) bond motifs is 1. The standard InChI is InChI=1S/C23H26N4O3/c28-23(27-11-1-2-12-27)18-4-6-19(7-5-18)29-20-9-13-26(14-10-20)16-17-3-8-21-22(15-17)25-30-24-21/h3-8,15,20H,1-2,9-14,16H2. The second-order valence-corrected chi connectivity index (χ2v) is 8.20. The molecule has 0 atom stereocenters. The van der Waals surface area contributed by atoms with Gasteiger partial charge in [0.25, 0.3) is 5.91 Å². The molecule has 0 aliphatic carbocycles. The number of likely N-dealkylation sites (tertiary alicyclic amines) is 2. The summed E-state index contributed by atoms with van der Waals surface area (Å²) in [5, 5.41) is 7.78. The van der Waals surface area contributed by atoms with Gasteiger partial charge in [-0.2, -0.15) is 0 Å². The summed E-state index contributed by atoms with van der Waals surface area (Å²) in [6.07, 6.45) is 4.41. The third kappa shape index (κ3) is 4.16. The molecule has 3 heterocycles. The Balaban J connectivity index is 1.12. The molecule has 0 spiro atoms. The van der Waals surface area contributed by atoms with Gasteiger partial charge in [-0.1, -0.05) is 6.07 Å². The summed E-state index contributed by atoms with van der Waals surface area (Å²) in [7, 11) is 0. The summed E-state index contributed by atoms with van der Waals surface area (Å²) in [4.78, 5) is 16.8. The van der Waals surface area contributed by atoms with E-state index in [2.05, 4.69) is 21.3 Å². The average molecular weight is 406 g/mol. The van der Waals surface area contributed by atoms with Gasteiger partial charge in [-0.25, -0.2) is 4.63 Å². The summed E-state index contributed by atoms with van der Waals surface area (Å²) in [6.45, 7) is 4.62. The number of benzene rings is 2. The van der Waals surface area contributed by atoms with Crippen molar-refractivity contribution < 1.29 is 14.2 Å². The molecule has 0 bridgehead atoms. The van der Waals surface area contributed by atoms with Crippen molar-refractivity contribution in [1.29, 1.82) is 0 Å². The zero-order chi connectivity index (χ0) is 20.3. The minimum absolute atomic E-state index is 0.131. The van der Waals surface area contributed by atoms with Gasteiger partial charge in [0.05, 0.1) is 0 Å². The Labute approximate surface area is 175 Å². The fourth-order valence-electron chi connectivity index (χ4n) is 4.34. The van der Waals surface area contributed by atoms with E-state index in [4.69, 9.17) is 9.37 Å². The van der Waals surface area contributed by atoms with Crippen LogP contribution in [0.15, 0.2) is 47.1 Å². The SMILES string of the molecule is O=C(c1ccc(OC2CCN(Cc3ccc4nonc4c3)CC2)cc1)N1CCCC1. The van der Waals surface area contributed by atoms with E-state index in [1.165, 1.54) is 5.56 Å². The van der Waals surface area contributed by atoms with Crippen LogP contribution in [0.1, 0.15) is 41.6 Å². The Kier molecular flexibility index (Phi) is 5.36. The van der Waals surface area contributed by atoms with Crippen LogP contribution in [0.5, 0.6) is 5.75 Å². The summed E-state index contributed by atoms with van der Waals surface area (Å²) in [5.74, 6) is 0.974. The summed E-state index contributed by atoms with van der Waals surface area (Å²) in [5.41, 5.74) is 3.56. The van der Waals surface area contributed by atoms with Crippen LogP contribution in [0.25, 0.3) is 11.0 Å². The first-order valence-electron chi connectivity index (χ1n) is 10.7. The van der Waals surface area contributed by atoms with Gasteiger partial charge in [-0.3, -0.25) is 9.69 Å². The molecule has 5 rings (SSSR count). The molecule has 0 unspecified atom stereocenters. The van der Waals surface area contributed by atoms with Gasteiger partial charge in [0.15, 0.2) is 0 Å². The van der Waals surface area contributed by atoms with E-state index in [1.807, 2.05) is 41.3 Å². The highest BCUT2D eigenvalue weighted by atomic mass is 16.6. The summed E-state index contributed by atoms with van der Waals surface area (Å²) >= 11 is 0. The highest BCUT2D eigenvalue weighted by molar-refractivity contribution is 5.94. The monoisotopic (exact) mass is 406 g/mol. The normalized spacial score (nSPS) is 18.2. The van der Waals surface area contributed by atoms with Crippen molar-refractivity contribution in [3.8, 4) is 5.75 Å². The Morgan fingerprint density at radius 2 is 1.70 bits per heavy atom. The fourth-order valence-corrected chi connectivity index (χ4v) is 4.34. The maximum Gasteiger partial charge on any atom is 0.253 e. The van der Waals surface area contributed by atoms with Gasteiger partial charge < -0.3 is 9.64 Å². The number of hydrogen-bond donors (Lipinski definition) is 0. The van der Waals surface area contributed by atoms with Crippen LogP contribution < -0.4 is 4.74 Å². The van der Waals surface area contributed by atoms with Gasteiger partial charge in [-0.15, -0.1) is 0 Å². The van der Waals surface area contributed by atoms with Crippen molar-refractivity contribution in [1.82, 2.24) is 20.1 Å². The van der Waals surface area contributed by atoms with Crippen LogP contribution in [-0.4, -0.2) is 58.3 Å². The van der Waals surface area contributed by atoms with Crippen molar-refractivity contribution >= 4 is 16.9 Å². The number of rotatable bonds is 5. The molecule has 2 saturated heterocycles. The zero-order valence-corrected chi connectivity index (χ0v) is 17.0. The van der Waals surface area contributed by atoms with E-state index in [-0.39, 0.29) is 12.0 Å². The summed E-state index contributed by atoms with van der Waals surface area (Å²) in [6, 6.07) is 13.7. The number of aromatic nitrogens is 2. The number of ether oxygens (including phenoxy) is 1. The van der Waals surface area contributed by atoms with Crippen LogP contribution >= 0.6 is 0 Å². The molecule has 3 aromatic rings. The predicted molar refractivity (Wildman–Crippen MR) is 112 cm³/mol. The smallest absolute Gasteiger partial charge is 0.253 e. The molecule has 2 aliphatic rings. The lowest BCUT2D eigenvalue weighted by atomic mass is 10.1. The molecule has 30 heavy (non-hydrogen) atoms. The molecular formula is C23H26N4O3. The molecule has 2 aliphatic heterocycles. The first-order chi connectivity index (χ1) is 14.7. The van der Waals surface area contributed by atoms with Crippen LogP contribution in [0.3, 0.4) is 0 Å². The fraction of sp³-hybridized carbons (Fsp3) is 0.435. The van der Waals surface area contributed by atoms with E-state index in [9.17, 15) is 4.79 Å². The summed E-state index contributed by atoms with van der Waals surface area (Å²) < 4.78 is 11.0. The van der Waals surface area contributed by atoms with Crippen LogP contribution in [-0.2, 0) is 6.54 Å². The van der Waals surface area contributed by atoms with Gasteiger partial charge in [-0.05, 0) is 78.0 Å². The van der Waals surface area contributed by atoms with Gasteiger partial charge >= 0.3 is 0 Å². The molecule has 2 fully saturated rings. The largest absolute Gasteiger partial charge is 0.490 e. The Bertz CT molecular complexity index is 1000.